The van der Waals surface area contributed by atoms with Crippen molar-refractivity contribution in [1.29, 1.82) is 0 Å². The number of hydroxylamine groups is 3. The standard InChI is InChI=1S/C20H24N2O4/c1-3-13-10-22(25)9-8-16(13)20(12-23,19(24)26-2)18-15(11-22)14-6-4-5-7-17(14)21-18/h3-7,16,21,23H,8-12H2,1-2H3/b13-3+/t16-,20-,22?/m0/s1. The van der Waals surface area contributed by atoms with Gasteiger partial charge < -0.3 is 24.7 Å². The summed E-state index contributed by atoms with van der Waals surface area (Å²) < 4.78 is 4.85. The Morgan fingerprint density at radius 1 is 1.46 bits per heavy atom. The van der Waals surface area contributed by atoms with Crippen LogP contribution in [0.5, 0.6) is 0 Å². The second-order valence-electron chi connectivity index (χ2n) is 7.45. The molecule has 5 rings (SSSR count). The summed E-state index contributed by atoms with van der Waals surface area (Å²) in [6, 6.07) is 7.73. The number of nitrogens with zero attached hydrogens (tertiary/aromatic N) is 1. The van der Waals surface area contributed by atoms with Gasteiger partial charge in [-0.05, 0) is 18.6 Å². The number of aromatic nitrogens is 1. The van der Waals surface area contributed by atoms with Crippen molar-refractivity contribution in [2.45, 2.75) is 25.3 Å². The molecule has 4 heterocycles. The van der Waals surface area contributed by atoms with Gasteiger partial charge in [0.2, 0.25) is 0 Å². The van der Waals surface area contributed by atoms with Gasteiger partial charge in [0.1, 0.15) is 18.5 Å². The molecule has 3 atom stereocenters. The molecule has 2 N–H and O–H groups in total. The molecule has 2 aromatic rings. The van der Waals surface area contributed by atoms with Gasteiger partial charge in [0.05, 0.1) is 20.3 Å². The number of aliphatic hydroxyl groups excluding tert-OH is 1. The molecule has 0 amide bonds. The van der Waals surface area contributed by atoms with Crippen molar-refractivity contribution in [2.24, 2.45) is 5.92 Å². The van der Waals surface area contributed by atoms with E-state index in [4.69, 9.17) is 4.74 Å². The van der Waals surface area contributed by atoms with Crippen LogP contribution in [-0.2, 0) is 21.5 Å². The normalized spacial score (nSPS) is 32.3. The summed E-state index contributed by atoms with van der Waals surface area (Å²) in [5, 5.41) is 24.9. The van der Waals surface area contributed by atoms with Crippen molar-refractivity contribution < 1.29 is 19.3 Å². The maximum atomic E-state index is 13.4. The van der Waals surface area contributed by atoms with E-state index in [9.17, 15) is 15.1 Å². The lowest BCUT2D eigenvalue weighted by atomic mass is 9.64. The third-order valence-electron chi connectivity index (χ3n) is 6.21. The number of benzene rings is 1. The Kier molecular flexibility index (Phi) is 3.95. The number of esters is 1. The number of para-hydroxylation sites is 1. The number of piperidine rings is 1. The number of ether oxygens (including phenoxy) is 1. The van der Waals surface area contributed by atoms with Gasteiger partial charge >= 0.3 is 5.97 Å². The molecule has 6 heteroatoms. The fraction of sp³-hybridized carbons (Fsp3) is 0.450. The summed E-state index contributed by atoms with van der Waals surface area (Å²) in [4.78, 5) is 16.4. The van der Waals surface area contributed by atoms with E-state index in [1.807, 2.05) is 37.3 Å². The molecule has 6 nitrogen and oxygen atoms in total. The smallest absolute Gasteiger partial charge is 0.320 e. The number of quaternary nitrogens is 1. The van der Waals surface area contributed by atoms with E-state index in [-0.39, 0.29) is 23.7 Å². The number of aromatic amines is 1. The Hall–Kier alpha value is -2.15. The Labute approximate surface area is 152 Å². The van der Waals surface area contributed by atoms with Gasteiger partial charge in [0.15, 0.2) is 0 Å². The Morgan fingerprint density at radius 2 is 2.23 bits per heavy atom. The van der Waals surface area contributed by atoms with E-state index in [1.54, 1.807) is 0 Å². The fourth-order valence-corrected chi connectivity index (χ4v) is 4.95. The van der Waals surface area contributed by atoms with Crippen LogP contribution < -0.4 is 0 Å². The van der Waals surface area contributed by atoms with Gasteiger partial charge in [-0.1, -0.05) is 24.3 Å². The van der Waals surface area contributed by atoms with Crippen LogP contribution in [0, 0.1) is 11.1 Å². The fourth-order valence-electron chi connectivity index (χ4n) is 4.95. The van der Waals surface area contributed by atoms with Crippen LogP contribution >= 0.6 is 0 Å². The highest BCUT2D eigenvalue weighted by atomic mass is 16.5. The minimum absolute atomic E-state index is 0.253. The molecule has 2 bridgehead atoms. The predicted octanol–water partition coefficient (Wildman–Crippen LogP) is 2.37. The maximum Gasteiger partial charge on any atom is 0.320 e. The summed E-state index contributed by atoms with van der Waals surface area (Å²) in [6.45, 7) is 2.59. The molecule has 26 heavy (non-hydrogen) atoms. The molecule has 1 unspecified atom stereocenters. The van der Waals surface area contributed by atoms with Crippen molar-refractivity contribution >= 4 is 16.9 Å². The molecular formula is C20H24N2O4. The summed E-state index contributed by atoms with van der Waals surface area (Å²) >= 11 is 0. The van der Waals surface area contributed by atoms with E-state index in [0.717, 1.165) is 22.0 Å². The Bertz CT molecular complexity index is 902. The number of hydrogen-bond donors (Lipinski definition) is 2. The molecule has 1 saturated heterocycles. The number of rotatable bonds is 2. The Morgan fingerprint density at radius 3 is 2.92 bits per heavy atom. The number of fused-ring (bicyclic) bond motifs is 3. The second kappa shape index (κ2) is 5.94. The van der Waals surface area contributed by atoms with Gasteiger partial charge in [0, 0.05) is 34.5 Å². The van der Waals surface area contributed by atoms with E-state index >= 15 is 0 Å². The van der Waals surface area contributed by atoms with Crippen LogP contribution in [0.3, 0.4) is 0 Å². The van der Waals surface area contributed by atoms with Crippen LogP contribution in [-0.4, -0.2) is 47.5 Å². The molecule has 3 aliphatic heterocycles. The monoisotopic (exact) mass is 356 g/mol. The molecule has 0 aliphatic carbocycles. The van der Waals surface area contributed by atoms with Crippen LogP contribution in [0.4, 0.5) is 0 Å². The second-order valence-corrected chi connectivity index (χ2v) is 7.45. The third-order valence-corrected chi connectivity index (χ3v) is 6.21. The molecule has 1 aromatic carbocycles. The average Bonchev–Trinajstić information content (AvgIpc) is 3.00. The zero-order chi connectivity index (χ0) is 18.5. The van der Waals surface area contributed by atoms with Crippen LogP contribution in [0.1, 0.15) is 24.6 Å². The number of methoxy groups -OCH3 is 1. The van der Waals surface area contributed by atoms with Crippen molar-refractivity contribution in [3.8, 4) is 0 Å². The largest absolute Gasteiger partial charge is 0.632 e. The van der Waals surface area contributed by atoms with Crippen molar-refractivity contribution in [3.63, 3.8) is 0 Å². The predicted molar refractivity (Wildman–Crippen MR) is 98.0 cm³/mol. The lowest BCUT2D eigenvalue weighted by Gasteiger charge is -2.53. The number of carbonyl (C=O) groups excluding carboxylic acids is 1. The number of aliphatic hydroxyl groups is 1. The first-order valence-corrected chi connectivity index (χ1v) is 9.00. The number of hydrogen-bond acceptors (Lipinski definition) is 4. The lowest BCUT2D eigenvalue weighted by Crippen LogP contribution is -2.59. The minimum atomic E-state index is -1.21. The average molecular weight is 356 g/mol. The van der Waals surface area contributed by atoms with E-state index < -0.39 is 11.4 Å². The molecule has 0 spiro atoms. The lowest BCUT2D eigenvalue weighted by molar-refractivity contribution is -0.894. The molecule has 1 fully saturated rings. The summed E-state index contributed by atoms with van der Waals surface area (Å²) in [6.07, 6.45) is 2.48. The number of carbonyl (C=O) groups is 1. The van der Waals surface area contributed by atoms with Crippen LogP contribution in [0.15, 0.2) is 35.9 Å². The summed E-state index contributed by atoms with van der Waals surface area (Å²) in [5.74, 6) is -0.706. The van der Waals surface area contributed by atoms with E-state index in [1.165, 1.54) is 7.11 Å². The Balaban J connectivity index is 2.09. The molecule has 3 aliphatic rings. The highest BCUT2D eigenvalue weighted by Gasteiger charge is 2.56. The molecule has 0 radical (unpaired) electrons. The number of nitrogens with one attached hydrogen (secondary N) is 1. The molecule has 138 valence electrons. The zero-order valence-electron chi connectivity index (χ0n) is 15.1. The van der Waals surface area contributed by atoms with Gasteiger partial charge in [-0.25, -0.2) is 0 Å². The molecular weight excluding hydrogens is 332 g/mol. The first-order chi connectivity index (χ1) is 12.5. The quantitative estimate of drug-likeness (QED) is 0.374. The minimum Gasteiger partial charge on any atom is -0.632 e. The first-order valence-electron chi connectivity index (χ1n) is 9.00. The SMILES string of the molecule is C/C=C1\C[N+]2([O-])CC[C@@H]1[C@](CO)(C(=O)OC)c1[nH]c3ccccc3c1C2. The first kappa shape index (κ1) is 17.3. The highest BCUT2D eigenvalue weighted by molar-refractivity contribution is 5.91. The van der Waals surface area contributed by atoms with Gasteiger partial charge in [-0.15, -0.1) is 0 Å². The zero-order valence-corrected chi connectivity index (χ0v) is 15.1. The topological polar surface area (TPSA) is 85.4 Å². The number of H-pyrrole nitrogens is 1. The number of allylic oxidation sites excluding steroid dienone is 1. The highest BCUT2D eigenvalue weighted by Crippen LogP contribution is 2.49. The summed E-state index contributed by atoms with van der Waals surface area (Å²) in [7, 11) is 1.35. The maximum absolute atomic E-state index is 13.4. The summed E-state index contributed by atoms with van der Waals surface area (Å²) in [5.41, 5.74) is 2.05. The van der Waals surface area contributed by atoms with Crippen LogP contribution in [0.2, 0.25) is 0 Å². The van der Waals surface area contributed by atoms with Gasteiger partial charge in [-0.2, -0.15) is 0 Å². The van der Waals surface area contributed by atoms with E-state index in [0.29, 0.717) is 25.2 Å². The molecule has 0 saturated carbocycles. The van der Waals surface area contributed by atoms with E-state index in [2.05, 4.69) is 4.98 Å². The molecule has 1 aromatic heterocycles. The van der Waals surface area contributed by atoms with Crippen LogP contribution in [0.25, 0.3) is 10.9 Å². The van der Waals surface area contributed by atoms with Crippen molar-refractivity contribution in [2.75, 3.05) is 26.8 Å². The third kappa shape index (κ3) is 2.19. The van der Waals surface area contributed by atoms with Crippen molar-refractivity contribution in [1.82, 2.24) is 4.98 Å². The van der Waals surface area contributed by atoms with Gasteiger partial charge in [-0.3, -0.25) is 4.79 Å². The van der Waals surface area contributed by atoms with Gasteiger partial charge in [0.25, 0.3) is 0 Å². The van der Waals surface area contributed by atoms with Crippen molar-refractivity contribution in [3.05, 3.63) is 52.4 Å².